The molecule has 4 heteroatoms. The Hall–Kier alpha value is -1.13. The van der Waals surface area contributed by atoms with Crippen molar-refractivity contribution in [1.29, 1.82) is 0 Å². The third-order valence-electron chi connectivity index (χ3n) is 2.74. The molecule has 102 valence electrons. The highest BCUT2D eigenvalue weighted by atomic mass is 16.3. The molecule has 0 fully saturated rings. The molecule has 0 bridgehead atoms. The van der Waals surface area contributed by atoms with Gasteiger partial charge in [-0.2, -0.15) is 0 Å². The number of aromatic nitrogens is 1. The Labute approximate surface area is 110 Å². The Balaban J connectivity index is 2.86. The Bertz CT molecular complexity index is 353. The lowest BCUT2D eigenvalue weighted by Gasteiger charge is -2.28. The first-order chi connectivity index (χ1) is 8.54. The number of nitrogens with zero attached hydrogens (tertiary/aromatic N) is 3. The number of aliphatic hydroxyl groups excluding tert-OH is 1. The van der Waals surface area contributed by atoms with Gasteiger partial charge in [-0.15, -0.1) is 0 Å². The zero-order chi connectivity index (χ0) is 13.5. The van der Waals surface area contributed by atoms with Crippen molar-refractivity contribution in [1.82, 2.24) is 9.88 Å². The largest absolute Gasteiger partial charge is 0.392 e. The van der Waals surface area contributed by atoms with Gasteiger partial charge in [0, 0.05) is 31.4 Å². The maximum absolute atomic E-state index is 9.40. The molecule has 1 rings (SSSR count). The zero-order valence-electron chi connectivity index (χ0n) is 11.9. The van der Waals surface area contributed by atoms with Gasteiger partial charge in [-0.3, -0.25) is 0 Å². The predicted octanol–water partition coefficient (Wildman–Crippen LogP) is 1.60. The van der Waals surface area contributed by atoms with Gasteiger partial charge in [0.2, 0.25) is 0 Å². The molecule has 1 N–H and O–H groups in total. The van der Waals surface area contributed by atoms with E-state index in [4.69, 9.17) is 0 Å². The van der Waals surface area contributed by atoms with Crippen molar-refractivity contribution >= 4 is 5.82 Å². The van der Waals surface area contributed by atoms with Crippen molar-refractivity contribution < 1.29 is 5.11 Å². The summed E-state index contributed by atoms with van der Waals surface area (Å²) < 4.78 is 0. The molecule has 1 aromatic rings. The maximum atomic E-state index is 9.40. The topological polar surface area (TPSA) is 39.6 Å². The number of likely N-dealkylation sites (N-methyl/N-ethyl adjacent to an activating group) is 1. The first-order valence-corrected chi connectivity index (χ1v) is 6.49. The Morgan fingerprint density at radius 1 is 1.28 bits per heavy atom. The van der Waals surface area contributed by atoms with Crippen LogP contribution < -0.4 is 4.90 Å². The molecule has 0 aromatic carbocycles. The second-order valence-corrected chi connectivity index (χ2v) is 5.29. The van der Waals surface area contributed by atoms with E-state index in [0.717, 1.165) is 31.0 Å². The highest BCUT2D eigenvalue weighted by molar-refractivity contribution is 5.46. The van der Waals surface area contributed by atoms with Gasteiger partial charge in [-0.05, 0) is 26.1 Å². The van der Waals surface area contributed by atoms with Crippen LogP contribution in [0.3, 0.4) is 0 Å². The predicted molar refractivity (Wildman–Crippen MR) is 75.8 cm³/mol. The molecule has 0 saturated carbocycles. The van der Waals surface area contributed by atoms with Crippen molar-refractivity contribution in [2.45, 2.75) is 20.5 Å². The van der Waals surface area contributed by atoms with Crippen LogP contribution in [-0.2, 0) is 6.61 Å². The first kappa shape index (κ1) is 14.9. The van der Waals surface area contributed by atoms with Crippen LogP contribution in [-0.4, -0.2) is 48.7 Å². The highest BCUT2D eigenvalue weighted by Gasteiger charge is 2.13. The summed E-state index contributed by atoms with van der Waals surface area (Å²) >= 11 is 0. The van der Waals surface area contributed by atoms with Crippen LogP contribution in [0.15, 0.2) is 18.3 Å². The lowest BCUT2D eigenvalue weighted by atomic mass is 10.2. The summed E-state index contributed by atoms with van der Waals surface area (Å²) in [5.74, 6) is 1.48. The van der Waals surface area contributed by atoms with Crippen molar-refractivity contribution in [3.63, 3.8) is 0 Å². The van der Waals surface area contributed by atoms with Crippen LogP contribution >= 0.6 is 0 Å². The number of rotatable bonds is 7. The molecule has 0 amide bonds. The molecule has 4 nitrogen and oxygen atoms in total. The number of pyridine rings is 1. The summed E-state index contributed by atoms with van der Waals surface area (Å²) in [7, 11) is 4.14. The van der Waals surface area contributed by atoms with Crippen LogP contribution in [0.4, 0.5) is 5.82 Å². The molecule has 1 heterocycles. The fourth-order valence-electron chi connectivity index (χ4n) is 1.88. The summed E-state index contributed by atoms with van der Waals surface area (Å²) in [5.41, 5.74) is 0.900. The minimum Gasteiger partial charge on any atom is -0.392 e. The Morgan fingerprint density at radius 2 is 2.00 bits per heavy atom. The second-order valence-electron chi connectivity index (χ2n) is 5.29. The van der Waals surface area contributed by atoms with E-state index < -0.39 is 0 Å². The van der Waals surface area contributed by atoms with E-state index in [2.05, 4.69) is 42.7 Å². The van der Waals surface area contributed by atoms with E-state index >= 15 is 0 Å². The SMILES string of the molecule is CC(C)CN(CCN(C)C)c1ncccc1CO. The molecule has 0 radical (unpaired) electrons. The van der Waals surface area contributed by atoms with Crippen molar-refractivity contribution in [2.75, 3.05) is 38.6 Å². The van der Waals surface area contributed by atoms with Crippen LogP contribution in [0.25, 0.3) is 0 Å². The highest BCUT2D eigenvalue weighted by Crippen LogP contribution is 2.18. The molecule has 0 aliphatic rings. The minimum atomic E-state index is 0.0414. The molecule has 18 heavy (non-hydrogen) atoms. The Morgan fingerprint density at radius 3 is 2.56 bits per heavy atom. The average Bonchev–Trinajstić information content (AvgIpc) is 2.33. The van der Waals surface area contributed by atoms with E-state index in [1.807, 2.05) is 12.1 Å². The lowest BCUT2D eigenvalue weighted by Crippen LogP contribution is -2.35. The van der Waals surface area contributed by atoms with E-state index in [-0.39, 0.29) is 6.61 Å². The fourth-order valence-corrected chi connectivity index (χ4v) is 1.88. The van der Waals surface area contributed by atoms with E-state index in [1.165, 1.54) is 0 Å². The smallest absolute Gasteiger partial charge is 0.134 e. The summed E-state index contributed by atoms with van der Waals surface area (Å²) in [4.78, 5) is 8.85. The van der Waals surface area contributed by atoms with Gasteiger partial charge in [-0.25, -0.2) is 4.98 Å². The van der Waals surface area contributed by atoms with E-state index in [9.17, 15) is 5.11 Å². The van der Waals surface area contributed by atoms with Gasteiger partial charge >= 0.3 is 0 Å². The minimum absolute atomic E-state index is 0.0414. The van der Waals surface area contributed by atoms with E-state index in [0.29, 0.717) is 5.92 Å². The molecule has 0 aliphatic heterocycles. The Kier molecular flexibility index (Phi) is 6.09. The molecule has 0 unspecified atom stereocenters. The van der Waals surface area contributed by atoms with Gasteiger partial charge in [0.1, 0.15) is 5.82 Å². The van der Waals surface area contributed by atoms with Crippen LogP contribution in [0, 0.1) is 5.92 Å². The van der Waals surface area contributed by atoms with Gasteiger partial charge in [0.05, 0.1) is 6.61 Å². The number of hydrogen-bond acceptors (Lipinski definition) is 4. The zero-order valence-corrected chi connectivity index (χ0v) is 11.9. The van der Waals surface area contributed by atoms with Crippen LogP contribution in [0.5, 0.6) is 0 Å². The lowest BCUT2D eigenvalue weighted by molar-refractivity contribution is 0.281. The van der Waals surface area contributed by atoms with Crippen LogP contribution in [0.2, 0.25) is 0 Å². The molecule has 0 aliphatic carbocycles. The first-order valence-electron chi connectivity index (χ1n) is 6.49. The molecule has 0 atom stereocenters. The molecular weight excluding hydrogens is 226 g/mol. The average molecular weight is 251 g/mol. The normalized spacial score (nSPS) is 11.3. The molecule has 1 aromatic heterocycles. The fraction of sp³-hybridized carbons (Fsp3) is 0.643. The quantitative estimate of drug-likeness (QED) is 0.799. The van der Waals surface area contributed by atoms with Gasteiger partial charge in [-0.1, -0.05) is 19.9 Å². The standard InChI is InChI=1S/C14H25N3O/c1-12(2)10-17(9-8-16(3)4)14-13(11-18)6-5-7-15-14/h5-7,12,18H,8-11H2,1-4H3. The van der Waals surface area contributed by atoms with E-state index in [1.54, 1.807) is 6.20 Å². The molecule has 0 saturated heterocycles. The number of aliphatic hydroxyl groups is 1. The summed E-state index contributed by atoms with van der Waals surface area (Å²) in [6, 6.07) is 3.81. The molecule has 0 spiro atoms. The second kappa shape index (κ2) is 7.34. The van der Waals surface area contributed by atoms with Gasteiger partial charge < -0.3 is 14.9 Å². The number of anilines is 1. The monoisotopic (exact) mass is 251 g/mol. The summed E-state index contributed by atoms with van der Waals surface area (Å²) in [5, 5.41) is 9.40. The van der Waals surface area contributed by atoms with Crippen molar-refractivity contribution in [3.05, 3.63) is 23.9 Å². The van der Waals surface area contributed by atoms with Crippen molar-refractivity contribution in [3.8, 4) is 0 Å². The van der Waals surface area contributed by atoms with Crippen LogP contribution in [0.1, 0.15) is 19.4 Å². The van der Waals surface area contributed by atoms with Gasteiger partial charge in [0.15, 0.2) is 0 Å². The van der Waals surface area contributed by atoms with Gasteiger partial charge in [0.25, 0.3) is 0 Å². The maximum Gasteiger partial charge on any atom is 0.134 e. The number of hydrogen-bond donors (Lipinski definition) is 1. The van der Waals surface area contributed by atoms with Crippen molar-refractivity contribution in [2.24, 2.45) is 5.92 Å². The third kappa shape index (κ3) is 4.63. The molecular formula is C14H25N3O. The summed E-state index contributed by atoms with van der Waals surface area (Å²) in [6.07, 6.45) is 1.79. The summed E-state index contributed by atoms with van der Waals surface area (Å²) in [6.45, 7) is 7.30. The third-order valence-corrected chi connectivity index (χ3v) is 2.74.